The molecule has 0 fully saturated rings. The molecule has 5 heteroatoms. The first-order valence-corrected chi connectivity index (χ1v) is 7.46. The highest BCUT2D eigenvalue weighted by atomic mass is 32.1. The van der Waals surface area contributed by atoms with Gasteiger partial charge in [0.15, 0.2) is 0 Å². The van der Waals surface area contributed by atoms with Crippen LogP contribution in [0.2, 0.25) is 0 Å². The fourth-order valence-corrected chi connectivity index (χ4v) is 2.54. The van der Waals surface area contributed by atoms with E-state index in [1.165, 1.54) is 11.3 Å². The number of aromatic nitrogens is 2. The van der Waals surface area contributed by atoms with E-state index in [-0.39, 0.29) is 5.91 Å². The number of amides is 1. The topological polar surface area (TPSA) is 54.9 Å². The van der Waals surface area contributed by atoms with E-state index in [0.29, 0.717) is 11.5 Å². The van der Waals surface area contributed by atoms with Crippen LogP contribution in [0.4, 0.5) is 0 Å². The summed E-state index contributed by atoms with van der Waals surface area (Å²) in [6.07, 6.45) is 3.37. The molecule has 0 saturated carbocycles. The van der Waals surface area contributed by atoms with Crippen molar-refractivity contribution in [3.63, 3.8) is 0 Å². The summed E-state index contributed by atoms with van der Waals surface area (Å²) in [4.78, 5) is 20.8. The number of rotatable bonds is 4. The molecule has 0 aliphatic carbocycles. The van der Waals surface area contributed by atoms with Gasteiger partial charge in [-0.05, 0) is 31.9 Å². The number of hydrogen-bond donors (Lipinski definition) is 1. The van der Waals surface area contributed by atoms with Crippen LogP contribution in [-0.2, 0) is 5.54 Å². The molecular weight excluding hydrogens is 270 g/mol. The van der Waals surface area contributed by atoms with E-state index in [1.807, 2.05) is 31.4 Å². The molecule has 0 unspecified atom stereocenters. The van der Waals surface area contributed by atoms with E-state index in [9.17, 15) is 4.79 Å². The molecule has 2 rings (SSSR count). The largest absolute Gasteiger partial charge is 0.341 e. The molecule has 0 spiro atoms. The summed E-state index contributed by atoms with van der Waals surface area (Å²) in [6.45, 7) is 8.04. The van der Waals surface area contributed by atoms with Crippen LogP contribution >= 0.6 is 11.3 Å². The van der Waals surface area contributed by atoms with Gasteiger partial charge in [-0.15, -0.1) is 11.3 Å². The van der Waals surface area contributed by atoms with Crippen molar-refractivity contribution >= 4 is 17.2 Å². The maximum atomic E-state index is 12.3. The van der Waals surface area contributed by atoms with E-state index in [1.54, 1.807) is 12.4 Å². The van der Waals surface area contributed by atoms with E-state index in [0.717, 1.165) is 10.7 Å². The van der Waals surface area contributed by atoms with Crippen LogP contribution in [0.3, 0.4) is 0 Å². The zero-order chi connectivity index (χ0) is 14.8. The van der Waals surface area contributed by atoms with E-state index < -0.39 is 5.54 Å². The average Bonchev–Trinajstić information content (AvgIpc) is 2.93. The fraction of sp³-hybridized carbons (Fsp3) is 0.400. The Morgan fingerprint density at radius 1 is 1.30 bits per heavy atom. The van der Waals surface area contributed by atoms with Crippen molar-refractivity contribution in [2.24, 2.45) is 0 Å². The number of nitrogens with one attached hydrogen (secondary N) is 1. The predicted molar refractivity (Wildman–Crippen MR) is 80.9 cm³/mol. The van der Waals surface area contributed by atoms with Crippen molar-refractivity contribution < 1.29 is 4.79 Å². The van der Waals surface area contributed by atoms with E-state index in [4.69, 9.17) is 0 Å². The van der Waals surface area contributed by atoms with E-state index >= 15 is 0 Å². The van der Waals surface area contributed by atoms with Crippen molar-refractivity contribution in [3.05, 3.63) is 46.2 Å². The Morgan fingerprint density at radius 3 is 2.55 bits per heavy atom. The van der Waals surface area contributed by atoms with Crippen LogP contribution < -0.4 is 5.32 Å². The Labute approximate surface area is 123 Å². The summed E-state index contributed by atoms with van der Waals surface area (Å²) in [6, 6.07) is 3.71. The molecule has 106 valence electrons. The second kappa shape index (κ2) is 5.71. The summed E-state index contributed by atoms with van der Waals surface area (Å²) in [5, 5.41) is 5.78. The molecule has 1 amide bonds. The van der Waals surface area contributed by atoms with Gasteiger partial charge in [0.25, 0.3) is 5.91 Å². The molecule has 0 atom stereocenters. The quantitative estimate of drug-likeness (QED) is 0.939. The molecule has 0 bridgehead atoms. The lowest BCUT2D eigenvalue weighted by Crippen LogP contribution is -2.40. The van der Waals surface area contributed by atoms with Crippen molar-refractivity contribution in [2.45, 2.75) is 39.2 Å². The summed E-state index contributed by atoms with van der Waals surface area (Å²) in [5.74, 6) is 0.229. The normalized spacial score (nSPS) is 11.7. The number of hydrogen-bond acceptors (Lipinski definition) is 4. The molecule has 0 radical (unpaired) electrons. The monoisotopic (exact) mass is 289 g/mol. The van der Waals surface area contributed by atoms with Gasteiger partial charge >= 0.3 is 0 Å². The molecule has 0 aromatic carbocycles. The standard InChI is InChI=1S/C15H19N3OS/c1-10(2)12-6-5-11(9-17-12)13(19)18-15(3,4)14-16-7-8-20-14/h5-10H,1-4H3,(H,18,19). The lowest BCUT2D eigenvalue weighted by molar-refractivity contribution is 0.0911. The number of pyridine rings is 1. The first-order chi connectivity index (χ1) is 9.40. The van der Waals surface area contributed by atoms with Gasteiger partial charge in [-0.2, -0.15) is 0 Å². The second-order valence-corrected chi connectivity index (χ2v) is 6.44. The van der Waals surface area contributed by atoms with Crippen LogP contribution in [0.5, 0.6) is 0 Å². The molecule has 2 aromatic rings. The molecule has 0 aliphatic heterocycles. The maximum Gasteiger partial charge on any atom is 0.253 e. The third-order valence-electron chi connectivity index (χ3n) is 3.03. The Balaban J connectivity index is 2.12. The predicted octanol–water partition coefficient (Wildman–Crippen LogP) is 3.33. The Hall–Kier alpha value is -1.75. The van der Waals surface area contributed by atoms with Gasteiger partial charge < -0.3 is 5.32 Å². The van der Waals surface area contributed by atoms with Gasteiger partial charge in [-0.1, -0.05) is 13.8 Å². The van der Waals surface area contributed by atoms with Crippen molar-refractivity contribution in [2.75, 3.05) is 0 Å². The number of carbonyl (C=O) groups excluding carboxylic acids is 1. The Morgan fingerprint density at radius 2 is 2.05 bits per heavy atom. The minimum absolute atomic E-state index is 0.131. The molecule has 2 aromatic heterocycles. The highest BCUT2D eigenvalue weighted by Gasteiger charge is 2.26. The highest BCUT2D eigenvalue weighted by molar-refractivity contribution is 7.09. The van der Waals surface area contributed by atoms with Crippen molar-refractivity contribution in [1.29, 1.82) is 0 Å². The van der Waals surface area contributed by atoms with Crippen LogP contribution in [0.25, 0.3) is 0 Å². The van der Waals surface area contributed by atoms with Gasteiger partial charge in [0.05, 0.1) is 11.1 Å². The number of thiazole rings is 1. The van der Waals surface area contributed by atoms with Crippen LogP contribution in [0, 0.1) is 0 Å². The molecule has 0 saturated heterocycles. The van der Waals surface area contributed by atoms with Gasteiger partial charge in [-0.25, -0.2) is 4.98 Å². The molecule has 1 N–H and O–H groups in total. The van der Waals surface area contributed by atoms with Crippen LogP contribution in [0.15, 0.2) is 29.9 Å². The first kappa shape index (κ1) is 14.7. The first-order valence-electron chi connectivity index (χ1n) is 6.58. The lowest BCUT2D eigenvalue weighted by atomic mass is 10.1. The molecule has 0 aliphatic rings. The van der Waals surface area contributed by atoms with Gasteiger partial charge in [-0.3, -0.25) is 9.78 Å². The molecular formula is C15H19N3OS. The van der Waals surface area contributed by atoms with Crippen molar-refractivity contribution in [1.82, 2.24) is 15.3 Å². The highest BCUT2D eigenvalue weighted by Crippen LogP contribution is 2.22. The maximum absolute atomic E-state index is 12.3. The third-order valence-corrected chi connectivity index (χ3v) is 4.13. The Kier molecular flexibility index (Phi) is 4.18. The average molecular weight is 289 g/mol. The van der Waals surface area contributed by atoms with Gasteiger partial charge in [0.1, 0.15) is 5.01 Å². The second-order valence-electron chi connectivity index (χ2n) is 5.54. The third kappa shape index (κ3) is 3.22. The smallest absolute Gasteiger partial charge is 0.253 e. The SMILES string of the molecule is CC(C)c1ccc(C(=O)NC(C)(C)c2nccs2)cn1. The molecule has 2 heterocycles. The zero-order valence-corrected chi connectivity index (χ0v) is 13.0. The minimum atomic E-state index is -0.484. The van der Waals surface area contributed by atoms with E-state index in [2.05, 4.69) is 29.1 Å². The number of carbonyl (C=O) groups is 1. The zero-order valence-electron chi connectivity index (χ0n) is 12.2. The van der Waals surface area contributed by atoms with Crippen LogP contribution in [0.1, 0.15) is 54.7 Å². The Bertz CT molecular complexity index is 574. The molecule has 20 heavy (non-hydrogen) atoms. The van der Waals surface area contributed by atoms with Crippen molar-refractivity contribution in [3.8, 4) is 0 Å². The fourth-order valence-electron chi connectivity index (χ4n) is 1.82. The minimum Gasteiger partial charge on any atom is -0.341 e. The summed E-state index contributed by atoms with van der Waals surface area (Å²) in [7, 11) is 0. The lowest BCUT2D eigenvalue weighted by Gasteiger charge is -2.23. The molecule has 4 nitrogen and oxygen atoms in total. The van der Waals surface area contributed by atoms with Gasteiger partial charge in [0.2, 0.25) is 0 Å². The van der Waals surface area contributed by atoms with Gasteiger partial charge in [0, 0.05) is 23.5 Å². The number of nitrogens with zero attached hydrogens (tertiary/aromatic N) is 2. The summed E-state index contributed by atoms with van der Waals surface area (Å²) in [5.41, 5.74) is 1.07. The van der Waals surface area contributed by atoms with Crippen LogP contribution in [-0.4, -0.2) is 15.9 Å². The summed E-state index contributed by atoms with van der Waals surface area (Å²) >= 11 is 1.53. The summed E-state index contributed by atoms with van der Waals surface area (Å²) < 4.78 is 0.